The number of hydrogen-bond donors (Lipinski definition) is 1. The van der Waals surface area contributed by atoms with E-state index in [1.54, 1.807) is 12.4 Å². The normalized spacial score (nSPS) is 10.2. The highest BCUT2D eigenvalue weighted by Gasteiger charge is 1.98. The molecule has 2 heterocycles. The lowest BCUT2D eigenvalue weighted by atomic mass is 10.2. The van der Waals surface area contributed by atoms with E-state index in [4.69, 9.17) is 12.2 Å². The topological polar surface area (TPSA) is 41.6 Å². The second kappa shape index (κ2) is 3.76. The van der Waals surface area contributed by atoms with Gasteiger partial charge < -0.3 is 0 Å². The first kappa shape index (κ1) is 8.52. The molecule has 0 aliphatic carbocycles. The Kier molecular flexibility index (Phi) is 2.47. The van der Waals surface area contributed by atoms with Crippen LogP contribution in [-0.2, 0) is 6.42 Å². The molecule has 66 valence electrons. The molecule has 0 saturated carbocycles. The van der Waals surface area contributed by atoms with Crippen LogP contribution >= 0.6 is 23.6 Å². The molecule has 2 rings (SSSR count). The SMILES string of the molecule is S=c1[nH]nc(Cc2ccncc2)s1. The van der Waals surface area contributed by atoms with Gasteiger partial charge in [0, 0.05) is 18.8 Å². The molecule has 5 heteroatoms. The fourth-order valence-corrected chi connectivity index (χ4v) is 1.98. The van der Waals surface area contributed by atoms with Gasteiger partial charge in [-0.05, 0) is 29.9 Å². The molecule has 3 nitrogen and oxygen atoms in total. The standard InChI is InChI=1S/C8H7N3S2/c12-8-11-10-7(13-8)5-6-1-3-9-4-2-6/h1-4H,5H2,(H,11,12). The minimum Gasteiger partial charge on any atom is -0.265 e. The minimum absolute atomic E-state index is 0.726. The molecule has 2 aromatic rings. The van der Waals surface area contributed by atoms with Gasteiger partial charge in [0.2, 0.25) is 0 Å². The Morgan fingerprint density at radius 3 is 2.77 bits per heavy atom. The third-order valence-electron chi connectivity index (χ3n) is 1.59. The molecule has 0 unspecified atom stereocenters. The molecule has 0 amide bonds. The second-order valence-corrected chi connectivity index (χ2v) is 4.29. The second-order valence-electron chi connectivity index (χ2n) is 2.54. The van der Waals surface area contributed by atoms with Crippen molar-refractivity contribution in [2.45, 2.75) is 6.42 Å². The summed E-state index contributed by atoms with van der Waals surface area (Å²) in [6, 6.07) is 3.95. The van der Waals surface area contributed by atoms with Gasteiger partial charge in [-0.15, -0.1) is 0 Å². The van der Waals surface area contributed by atoms with Gasteiger partial charge >= 0.3 is 0 Å². The zero-order valence-electron chi connectivity index (χ0n) is 6.73. The number of H-pyrrole nitrogens is 1. The zero-order chi connectivity index (χ0) is 9.10. The van der Waals surface area contributed by atoms with Crippen LogP contribution in [0.2, 0.25) is 0 Å². The average molecular weight is 209 g/mol. The van der Waals surface area contributed by atoms with E-state index >= 15 is 0 Å². The third kappa shape index (κ3) is 2.19. The lowest BCUT2D eigenvalue weighted by molar-refractivity contribution is 0.995. The van der Waals surface area contributed by atoms with Crippen molar-refractivity contribution in [2.75, 3.05) is 0 Å². The number of aromatic nitrogens is 3. The third-order valence-corrected chi connectivity index (χ3v) is 2.68. The van der Waals surface area contributed by atoms with E-state index in [0.717, 1.165) is 15.4 Å². The van der Waals surface area contributed by atoms with Crippen molar-refractivity contribution in [3.63, 3.8) is 0 Å². The van der Waals surface area contributed by atoms with Crippen LogP contribution in [0.5, 0.6) is 0 Å². The molecule has 0 spiro atoms. The van der Waals surface area contributed by atoms with Crippen LogP contribution in [0.1, 0.15) is 10.6 Å². The van der Waals surface area contributed by atoms with Crippen LogP contribution in [0.4, 0.5) is 0 Å². The number of hydrogen-bond acceptors (Lipinski definition) is 4. The molecule has 13 heavy (non-hydrogen) atoms. The van der Waals surface area contributed by atoms with Crippen LogP contribution in [0.15, 0.2) is 24.5 Å². The number of aromatic amines is 1. The summed E-state index contributed by atoms with van der Waals surface area (Å²) < 4.78 is 0.726. The molecule has 0 saturated heterocycles. The average Bonchev–Trinajstić information content (AvgIpc) is 2.53. The molecule has 0 fully saturated rings. The lowest BCUT2D eigenvalue weighted by Gasteiger charge is -1.93. The molecule has 1 N–H and O–H groups in total. The summed E-state index contributed by atoms with van der Waals surface area (Å²) in [5.41, 5.74) is 1.20. The summed E-state index contributed by atoms with van der Waals surface area (Å²) in [7, 11) is 0. The van der Waals surface area contributed by atoms with Crippen molar-refractivity contribution in [1.29, 1.82) is 0 Å². The smallest absolute Gasteiger partial charge is 0.176 e. The van der Waals surface area contributed by atoms with E-state index in [9.17, 15) is 0 Å². The maximum atomic E-state index is 4.94. The van der Waals surface area contributed by atoms with Gasteiger partial charge in [-0.1, -0.05) is 11.3 Å². The molecular formula is C8H7N3S2. The van der Waals surface area contributed by atoms with Gasteiger partial charge in [-0.25, -0.2) is 0 Å². The molecule has 0 aliphatic rings. The van der Waals surface area contributed by atoms with Gasteiger partial charge in [0.25, 0.3) is 0 Å². The molecule has 0 radical (unpaired) electrons. The van der Waals surface area contributed by atoms with Crippen molar-refractivity contribution in [3.05, 3.63) is 39.1 Å². The van der Waals surface area contributed by atoms with E-state index < -0.39 is 0 Å². The maximum absolute atomic E-state index is 4.94. The van der Waals surface area contributed by atoms with Gasteiger partial charge in [-0.3, -0.25) is 10.1 Å². The Morgan fingerprint density at radius 2 is 2.15 bits per heavy atom. The molecule has 2 aromatic heterocycles. The molecule has 0 aromatic carbocycles. The van der Waals surface area contributed by atoms with Crippen molar-refractivity contribution < 1.29 is 0 Å². The van der Waals surface area contributed by atoms with E-state index in [2.05, 4.69) is 15.2 Å². The van der Waals surface area contributed by atoms with Crippen LogP contribution in [-0.4, -0.2) is 15.2 Å². The van der Waals surface area contributed by atoms with E-state index in [1.165, 1.54) is 16.9 Å². The summed E-state index contributed by atoms with van der Waals surface area (Å²) in [4.78, 5) is 3.95. The predicted octanol–water partition coefficient (Wildman–Crippen LogP) is 2.19. The van der Waals surface area contributed by atoms with Gasteiger partial charge in [0.15, 0.2) is 3.95 Å². The Bertz CT molecular complexity index is 432. The zero-order valence-corrected chi connectivity index (χ0v) is 8.36. The Hall–Kier alpha value is -1.07. The highest BCUT2D eigenvalue weighted by Crippen LogP contribution is 2.10. The highest BCUT2D eigenvalue weighted by molar-refractivity contribution is 7.73. The first-order valence-corrected chi connectivity index (χ1v) is 5.00. The summed E-state index contributed by atoms with van der Waals surface area (Å²) in [6.45, 7) is 0. The summed E-state index contributed by atoms with van der Waals surface area (Å²) in [5.74, 6) is 0. The lowest BCUT2D eigenvalue weighted by Crippen LogP contribution is -1.86. The van der Waals surface area contributed by atoms with Gasteiger partial charge in [-0.2, -0.15) is 5.10 Å². The number of pyridine rings is 1. The van der Waals surface area contributed by atoms with Crippen molar-refractivity contribution >= 4 is 23.6 Å². The fraction of sp³-hybridized carbons (Fsp3) is 0.125. The van der Waals surface area contributed by atoms with Gasteiger partial charge in [0.1, 0.15) is 5.01 Å². The van der Waals surface area contributed by atoms with Crippen LogP contribution in [0, 0.1) is 3.95 Å². The summed E-state index contributed by atoms with van der Waals surface area (Å²) in [5, 5.41) is 7.85. The minimum atomic E-state index is 0.726. The molecule has 0 aliphatic heterocycles. The number of rotatable bonds is 2. The van der Waals surface area contributed by atoms with Gasteiger partial charge in [0.05, 0.1) is 0 Å². The molecule has 0 atom stereocenters. The van der Waals surface area contributed by atoms with E-state index in [1.807, 2.05) is 12.1 Å². The summed E-state index contributed by atoms with van der Waals surface area (Å²) in [6.07, 6.45) is 4.38. The van der Waals surface area contributed by atoms with Crippen molar-refractivity contribution in [1.82, 2.24) is 15.2 Å². The Morgan fingerprint density at radius 1 is 1.38 bits per heavy atom. The van der Waals surface area contributed by atoms with Crippen LogP contribution in [0.3, 0.4) is 0 Å². The molecule has 0 bridgehead atoms. The first-order valence-electron chi connectivity index (χ1n) is 3.78. The van der Waals surface area contributed by atoms with Crippen molar-refractivity contribution in [3.8, 4) is 0 Å². The van der Waals surface area contributed by atoms with E-state index in [0.29, 0.717) is 0 Å². The fourth-order valence-electron chi connectivity index (χ4n) is 1.01. The largest absolute Gasteiger partial charge is 0.265 e. The van der Waals surface area contributed by atoms with Crippen LogP contribution < -0.4 is 0 Å². The number of nitrogens with zero attached hydrogens (tertiary/aromatic N) is 2. The van der Waals surface area contributed by atoms with Crippen molar-refractivity contribution in [2.24, 2.45) is 0 Å². The predicted molar refractivity (Wildman–Crippen MR) is 54.3 cm³/mol. The monoisotopic (exact) mass is 209 g/mol. The van der Waals surface area contributed by atoms with E-state index in [-0.39, 0.29) is 0 Å². The van der Waals surface area contributed by atoms with Crippen LogP contribution in [0.25, 0.3) is 0 Å². The number of nitrogens with one attached hydrogen (secondary N) is 1. The highest BCUT2D eigenvalue weighted by atomic mass is 32.1. The maximum Gasteiger partial charge on any atom is 0.176 e. The quantitative estimate of drug-likeness (QED) is 0.771. The first-order chi connectivity index (χ1) is 6.34. The molecular weight excluding hydrogens is 202 g/mol. The Balaban J connectivity index is 2.20. The summed E-state index contributed by atoms with van der Waals surface area (Å²) >= 11 is 6.45. The Labute approximate surface area is 84.5 Å².